The summed E-state index contributed by atoms with van der Waals surface area (Å²) in [6.45, 7) is 0. The summed E-state index contributed by atoms with van der Waals surface area (Å²) in [4.78, 5) is 12.0. The zero-order chi connectivity index (χ0) is 14.0. The highest BCUT2D eigenvalue weighted by molar-refractivity contribution is 7.20. The maximum Gasteiger partial charge on any atom is 0.258 e. The van der Waals surface area contributed by atoms with Crippen LogP contribution < -0.4 is 5.32 Å². The normalized spacial score (nSPS) is 10.0. The maximum absolute atomic E-state index is 12.0. The summed E-state index contributed by atoms with van der Waals surface area (Å²) in [7, 11) is 0. The van der Waals surface area contributed by atoms with Crippen molar-refractivity contribution < 1.29 is 4.79 Å². The van der Waals surface area contributed by atoms with Gasteiger partial charge in [-0.15, -0.1) is 11.3 Å². The Morgan fingerprint density at radius 2 is 2.00 bits per heavy atom. The molecule has 1 heterocycles. The van der Waals surface area contributed by atoms with Gasteiger partial charge in [-0.25, -0.2) is 0 Å². The van der Waals surface area contributed by atoms with E-state index in [1.165, 1.54) is 18.2 Å². The first-order chi connectivity index (χ1) is 9.01. The molecule has 0 atom stereocenters. The lowest BCUT2D eigenvalue weighted by molar-refractivity contribution is 0.102. The van der Waals surface area contributed by atoms with Crippen molar-refractivity contribution in [1.82, 2.24) is 0 Å². The number of hydrogen-bond donors (Lipinski definition) is 1. The Balaban J connectivity index is 2.22. The van der Waals surface area contributed by atoms with Gasteiger partial charge in [-0.05, 0) is 24.3 Å². The average molecular weight is 332 g/mol. The summed E-state index contributed by atoms with van der Waals surface area (Å²) in [5.41, 5.74) is 1.13. The van der Waals surface area contributed by atoms with Gasteiger partial charge in [0.1, 0.15) is 10.4 Å². The van der Waals surface area contributed by atoms with Gasteiger partial charge in [-0.3, -0.25) is 4.79 Å². The van der Waals surface area contributed by atoms with Crippen molar-refractivity contribution in [2.75, 3.05) is 5.32 Å². The number of anilines is 1. The number of halogens is 3. The van der Waals surface area contributed by atoms with Crippen molar-refractivity contribution in [3.8, 4) is 6.07 Å². The molecule has 2 rings (SSSR count). The monoisotopic (exact) mass is 330 g/mol. The van der Waals surface area contributed by atoms with Crippen molar-refractivity contribution in [1.29, 1.82) is 5.26 Å². The highest BCUT2D eigenvalue weighted by Gasteiger charge is 2.14. The Bertz CT molecular complexity index is 691. The second kappa shape index (κ2) is 5.81. The smallest absolute Gasteiger partial charge is 0.258 e. The first kappa shape index (κ1) is 14.2. The first-order valence-electron chi connectivity index (χ1n) is 4.97. The molecule has 2 aromatic rings. The maximum atomic E-state index is 12.0. The molecule has 1 amide bonds. The van der Waals surface area contributed by atoms with E-state index in [0.29, 0.717) is 25.5 Å². The number of benzene rings is 1. The topological polar surface area (TPSA) is 52.9 Å². The molecule has 3 nitrogen and oxygen atoms in total. The third kappa shape index (κ3) is 3.20. The minimum atomic E-state index is -0.381. The average Bonchev–Trinajstić information content (AvgIpc) is 2.69. The van der Waals surface area contributed by atoms with Gasteiger partial charge in [-0.2, -0.15) is 5.26 Å². The number of hydrogen-bond acceptors (Lipinski definition) is 3. The molecule has 0 saturated heterocycles. The minimum Gasteiger partial charge on any atom is -0.322 e. The molecule has 96 valence electrons. The molecule has 1 aromatic carbocycles. The van der Waals surface area contributed by atoms with Gasteiger partial charge in [0.25, 0.3) is 5.91 Å². The van der Waals surface area contributed by atoms with Crippen LogP contribution in [0.15, 0.2) is 24.3 Å². The molecule has 0 aliphatic carbocycles. The van der Waals surface area contributed by atoms with Crippen molar-refractivity contribution in [2.45, 2.75) is 0 Å². The third-order valence-corrected chi connectivity index (χ3v) is 4.05. The van der Waals surface area contributed by atoms with Gasteiger partial charge in [0.05, 0.1) is 20.5 Å². The summed E-state index contributed by atoms with van der Waals surface area (Å²) < 4.78 is 0.759. The van der Waals surface area contributed by atoms with E-state index in [1.807, 2.05) is 6.07 Å². The number of nitrogens with one attached hydrogen (secondary N) is 1. The van der Waals surface area contributed by atoms with Crippen LogP contribution in [0.25, 0.3) is 0 Å². The predicted octanol–water partition coefficient (Wildman–Crippen LogP) is 4.83. The number of nitriles is 1. The molecule has 0 bridgehead atoms. The molecule has 0 unspecified atom stereocenters. The number of carbonyl (C=O) groups is 1. The highest BCUT2D eigenvalue weighted by Crippen LogP contribution is 2.31. The summed E-state index contributed by atoms with van der Waals surface area (Å²) in [5.74, 6) is -0.381. The minimum absolute atomic E-state index is 0.273. The van der Waals surface area contributed by atoms with E-state index in [9.17, 15) is 4.79 Å². The summed E-state index contributed by atoms with van der Waals surface area (Å²) in [6, 6.07) is 8.05. The van der Waals surface area contributed by atoms with E-state index < -0.39 is 0 Å². The number of carbonyl (C=O) groups excluding carboxylic acids is 1. The molecule has 1 N–H and O–H groups in total. The fourth-order valence-corrected chi connectivity index (χ4v) is 3.06. The fourth-order valence-electron chi connectivity index (χ4n) is 1.38. The molecular weight excluding hydrogens is 327 g/mol. The SMILES string of the molecule is N#Cc1ccc(NC(=O)c2cc(Cl)sc2Cl)cc1Cl. The molecular formula is C12H5Cl3N2OS. The standard InChI is InChI=1S/C12H5Cl3N2OS/c13-9-3-7(2-1-6(9)5-16)17-12(18)8-4-10(14)19-11(8)15/h1-4H,(H,17,18). The molecule has 0 aliphatic heterocycles. The van der Waals surface area contributed by atoms with Gasteiger partial charge in [0.15, 0.2) is 0 Å². The molecule has 0 saturated carbocycles. The fraction of sp³-hybridized carbons (Fsp3) is 0. The zero-order valence-corrected chi connectivity index (χ0v) is 12.3. The Morgan fingerprint density at radius 1 is 1.26 bits per heavy atom. The van der Waals surface area contributed by atoms with Gasteiger partial charge in [0.2, 0.25) is 0 Å². The third-order valence-electron chi connectivity index (χ3n) is 2.25. The second-order valence-electron chi connectivity index (χ2n) is 3.50. The van der Waals surface area contributed by atoms with Crippen LogP contribution in [0.4, 0.5) is 5.69 Å². The van der Waals surface area contributed by atoms with E-state index in [4.69, 9.17) is 40.1 Å². The largest absolute Gasteiger partial charge is 0.322 e. The van der Waals surface area contributed by atoms with E-state index in [2.05, 4.69) is 5.32 Å². The van der Waals surface area contributed by atoms with E-state index >= 15 is 0 Å². The number of thiophene rings is 1. The predicted molar refractivity (Wildman–Crippen MR) is 78.5 cm³/mol. The molecule has 1 aromatic heterocycles. The molecule has 19 heavy (non-hydrogen) atoms. The summed E-state index contributed by atoms with van der Waals surface area (Å²) in [6.07, 6.45) is 0. The Hall–Kier alpha value is -1.25. The van der Waals surface area contributed by atoms with Crippen LogP contribution in [-0.2, 0) is 0 Å². The Morgan fingerprint density at radius 3 is 2.53 bits per heavy atom. The number of rotatable bonds is 2. The van der Waals surface area contributed by atoms with Gasteiger partial charge in [-0.1, -0.05) is 34.8 Å². The van der Waals surface area contributed by atoms with Crippen molar-refractivity contribution in [3.63, 3.8) is 0 Å². The van der Waals surface area contributed by atoms with Crippen LogP contribution in [-0.4, -0.2) is 5.91 Å². The van der Waals surface area contributed by atoms with Crippen molar-refractivity contribution in [3.05, 3.63) is 49.1 Å². The lowest BCUT2D eigenvalue weighted by Crippen LogP contribution is -2.11. The number of nitrogens with zero attached hydrogens (tertiary/aromatic N) is 1. The molecule has 7 heteroatoms. The second-order valence-corrected chi connectivity index (χ2v) is 6.19. The van der Waals surface area contributed by atoms with Crippen molar-refractivity contribution in [2.24, 2.45) is 0 Å². The van der Waals surface area contributed by atoms with Crippen molar-refractivity contribution >= 4 is 57.7 Å². The zero-order valence-electron chi connectivity index (χ0n) is 9.21. The van der Waals surface area contributed by atoms with Crippen LogP contribution in [0, 0.1) is 11.3 Å². The Kier molecular flexibility index (Phi) is 4.33. The molecule has 0 aliphatic rings. The van der Waals surface area contributed by atoms with Crippen LogP contribution in [0.1, 0.15) is 15.9 Å². The van der Waals surface area contributed by atoms with Crippen LogP contribution in [0.2, 0.25) is 13.7 Å². The van der Waals surface area contributed by atoms with E-state index in [-0.39, 0.29) is 10.9 Å². The van der Waals surface area contributed by atoms with E-state index in [1.54, 1.807) is 6.07 Å². The van der Waals surface area contributed by atoms with Gasteiger partial charge < -0.3 is 5.32 Å². The van der Waals surface area contributed by atoms with Gasteiger partial charge >= 0.3 is 0 Å². The first-order valence-corrected chi connectivity index (χ1v) is 6.92. The highest BCUT2D eigenvalue weighted by atomic mass is 35.5. The lowest BCUT2D eigenvalue weighted by Gasteiger charge is -2.05. The molecule has 0 spiro atoms. The quantitative estimate of drug-likeness (QED) is 0.856. The number of amides is 1. The molecule has 0 fully saturated rings. The van der Waals surface area contributed by atoms with E-state index in [0.717, 1.165) is 11.3 Å². The van der Waals surface area contributed by atoms with Crippen LogP contribution in [0.3, 0.4) is 0 Å². The van der Waals surface area contributed by atoms with Crippen LogP contribution >= 0.6 is 46.1 Å². The summed E-state index contributed by atoms with van der Waals surface area (Å²) in [5, 5.41) is 11.7. The van der Waals surface area contributed by atoms with Crippen LogP contribution in [0.5, 0.6) is 0 Å². The molecule has 0 radical (unpaired) electrons. The summed E-state index contributed by atoms with van der Waals surface area (Å²) >= 11 is 18.7. The Labute approximate surface area is 128 Å². The lowest BCUT2D eigenvalue weighted by atomic mass is 10.2. The van der Waals surface area contributed by atoms with Gasteiger partial charge in [0, 0.05) is 5.69 Å².